The first-order chi connectivity index (χ1) is 9.35. The van der Waals surface area contributed by atoms with Crippen molar-refractivity contribution >= 4 is 0 Å². The Kier molecular flexibility index (Phi) is 4.83. The van der Waals surface area contributed by atoms with Gasteiger partial charge in [-0.3, -0.25) is 4.90 Å². The van der Waals surface area contributed by atoms with Crippen LogP contribution in [0.5, 0.6) is 0 Å². The van der Waals surface area contributed by atoms with E-state index < -0.39 is 0 Å². The fourth-order valence-corrected chi connectivity index (χ4v) is 2.05. The minimum Gasteiger partial charge on any atom is -0.467 e. The second-order valence-corrected chi connectivity index (χ2v) is 4.27. The van der Waals surface area contributed by atoms with E-state index in [0.29, 0.717) is 0 Å². The average Bonchev–Trinajstić information content (AvgIpc) is 2.98. The standard InChI is InChI=1S/C17H19NO/c1-3-18(4-2)16(17-11-8-14-19-17)13-12-15-9-6-5-7-10-15/h5-11,14,16H,3-4H2,1-2H3. The molecule has 0 saturated heterocycles. The number of furan rings is 1. The SMILES string of the molecule is CCN(CC)C(C#Cc1ccccc1)c1ccco1. The number of hydrogen-bond donors (Lipinski definition) is 0. The Hall–Kier alpha value is -1.98. The Labute approximate surface area is 115 Å². The molecule has 0 aliphatic carbocycles. The van der Waals surface area contributed by atoms with Crippen molar-refractivity contribution in [1.29, 1.82) is 0 Å². The molecule has 1 atom stereocenters. The van der Waals surface area contributed by atoms with Gasteiger partial charge in [-0.2, -0.15) is 0 Å². The van der Waals surface area contributed by atoms with Crippen LogP contribution in [-0.4, -0.2) is 18.0 Å². The molecule has 1 heterocycles. The molecule has 0 aliphatic rings. The van der Waals surface area contributed by atoms with Gasteiger partial charge in [0.25, 0.3) is 0 Å². The first-order valence-corrected chi connectivity index (χ1v) is 6.69. The van der Waals surface area contributed by atoms with Crippen LogP contribution < -0.4 is 0 Å². The van der Waals surface area contributed by atoms with E-state index in [1.807, 2.05) is 42.5 Å². The molecule has 0 amide bonds. The summed E-state index contributed by atoms with van der Waals surface area (Å²) < 4.78 is 5.52. The third kappa shape index (κ3) is 3.49. The molecule has 2 aromatic rings. The molecule has 0 saturated carbocycles. The molecule has 1 unspecified atom stereocenters. The Morgan fingerprint density at radius 2 is 1.79 bits per heavy atom. The molecule has 0 radical (unpaired) electrons. The van der Waals surface area contributed by atoms with Gasteiger partial charge in [-0.1, -0.05) is 43.9 Å². The van der Waals surface area contributed by atoms with Crippen LogP contribution in [0, 0.1) is 11.8 Å². The number of hydrogen-bond acceptors (Lipinski definition) is 2. The predicted octanol–water partition coefficient (Wildman–Crippen LogP) is 3.71. The van der Waals surface area contributed by atoms with Crippen LogP contribution in [-0.2, 0) is 0 Å². The summed E-state index contributed by atoms with van der Waals surface area (Å²) in [4.78, 5) is 2.29. The summed E-state index contributed by atoms with van der Waals surface area (Å²) >= 11 is 0. The predicted molar refractivity (Wildman–Crippen MR) is 77.7 cm³/mol. The molecule has 2 rings (SSSR count). The summed E-state index contributed by atoms with van der Waals surface area (Å²) in [5, 5.41) is 0. The van der Waals surface area contributed by atoms with Crippen molar-refractivity contribution < 1.29 is 4.42 Å². The lowest BCUT2D eigenvalue weighted by molar-refractivity contribution is 0.237. The highest BCUT2D eigenvalue weighted by Gasteiger charge is 2.17. The minimum absolute atomic E-state index is 0.0187. The van der Waals surface area contributed by atoms with Gasteiger partial charge in [0, 0.05) is 5.56 Å². The van der Waals surface area contributed by atoms with Gasteiger partial charge in [0.2, 0.25) is 0 Å². The first kappa shape index (κ1) is 13.5. The second kappa shape index (κ2) is 6.82. The van der Waals surface area contributed by atoms with Crippen molar-refractivity contribution in [2.45, 2.75) is 19.9 Å². The Bertz CT molecular complexity index is 530. The molecule has 1 aromatic heterocycles. The first-order valence-electron chi connectivity index (χ1n) is 6.69. The maximum atomic E-state index is 5.52. The highest BCUT2D eigenvalue weighted by Crippen LogP contribution is 2.20. The van der Waals surface area contributed by atoms with Crippen molar-refractivity contribution in [2.24, 2.45) is 0 Å². The highest BCUT2D eigenvalue weighted by atomic mass is 16.3. The van der Waals surface area contributed by atoms with Gasteiger partial charge in [0.1, 0.15) is 11.8 Å². The molecule has 2 nitrogen and oxygen atoms in total. The number of nitrogens with zero attached hydrogens (tertiary/aromatic N) is 1. The zero-order valence-corrected chi connectivity index (χ0v) is 11.5. The second-order valence-electron chi connectivity index (χ2n) is 4.27. The van der Waals surface area contributed by atoms with Gasteiger partial charge in [-0.05, 0) is 37.4 Å². The van der Waals surface area contributed by atoms with Crippen molar-refractivity contribution in [3.63, 3.8) is 0 Å². The lowest BCUT2D eigenvalue weighted by Crippen LogP contribution is -2.27. The van der Waals surface area contributed by atoms with Gasteiger partial charge in [-0.15, -0.1) is 0 Å². The lowest BCUT2D eigenvalue weighted by atomic mass is 10.1. The van der Waals surface area contributed by atoms with Crippen LogP contribution in [0.4, 0.5) is 0 Å². The van der Waals surface area contributed by atoms with E-state index in [1.54, 1.807) is 6.26 Å². The molecule has 98 valence electrons. The molecular weight excluding hydrogens is 234 g/mol. The zero-order chi connectivity index (χ0) is 13.5. The number of benzene rings is 1. The van der Waals surface area contributed by atoms with Gasteiger partial charge in [-0.25, -0.2) is 0 Å². The van der Waals surface area contributed by atoms with E-state index in [0.717, 1.165) is 24.4 Å². The fraction of sp³-hybridized carbons (Fsp3) is 0.294. The molecule has 0 N–H and O–H groups in total. The maximum Gasteiger partial charge on any atom is 0.133 e. The Morgan fingerprint density at radius 1 is 1.05 bits per heavy atom. The molecule has 2 heteroatoms. The third-order valence-corrected chi connectivity index (χ3v) is 3.12. The van der Waals surface area contributed by atoms with Gasteiger partial charge < -0.3 is 4.42 Å². The molecular formula is C17H19NO. The topological polar surface area (TPSA) is 16.4 Å². The largest absolute Gasteiger partial charge is 0.467 e. The van der Waals surface area contributed by atoms with Gasteiger partial charge in [0.05, 0.1) is 6.26 Å². The van der Waals surface area contributed by atoms with Crippen LogP contribution in [0.15, 0.2) is 53.1 Å². The van der Waals surface area contributed by atoms with E-state index in [-0.39, 0.29) is 6.04 Å². The van der Waals surface area contributed by atoms with Crippen LogP contribution in [0.3, 0.4) is 0 Å². The molecule has 0 fully saturated rings. The quantitative estimate of drug-likeness (QED) is 0.772. The lowest BCUT2D eigenvalue weighted by Gasteiger charge is -2.23. The summed E-state index contributed by atoms with van der Waals surface area (Å²) in [6.07, 6.45) is 1.70. The van der Waals surface area contributed by atoms with E-state index in [4.69, 9.17) is 4.42 Å². The maximum absolute atomic E-state index is 5.52. The summed E-state index contributed by atoms with van der Waals surface area (Å²) in [6.45, 7) is 6.18. The van der Waals surface area contributed by atoms with Crippen molar-refractivity contribution in [2.75, 3.05) is 13.1 Å². The molecule has 0 bridgehead atoms. The third-order valence-electron chi connectivity index (χ3n) is 3.12. The van der Waals surface area contributed by atoms with Crippen LogP contribution in [0.1, 0.15) is 31.2 Å². The van der Waals surface area contributed by atoms with Crippen molar-refractivity contribution in [3.8, 4) is 11.8 Å². The molecule has 0 spiro atoms. The number of rotatable bonds is 4. The van der Waals surface area contributed by atoms with E-state index in [2.05, 4.69) is 30.6 Å². The Balaban J connectivity index is 2.27. The highest BCUT2D eigenvalue weighted by molar-refractivity contribution is 5.36. The average molecular weight is 253 g/mol. The van der Waals surface area contributed by atoms with Gasteiger partial charge >= 0.3 is 0 Å². The normalized spacial score (nSPS) is 11.9. The summed E-state index contributed by atoms with van der Waals surface area (Å²) in [7, 11) is 0. The smallest absolute Gasteiger partial charge is 0.133 e. The summed E-state index contributed by atoms with van der Waals surface area (Å²) in [5.41, 5.74) is 1.03. The monoisotopic (exact) mass is 253 g/mol. The van der Waals surface area contributed by atoms with E-state index in [9.17, 15) is 0 Å². The summed E-state index contributed by atoms with van der Waals surface area (Å²) in [6, 6.07) is 14.0. The molecule has 1 aromatic carbocycles. The molecule has 0 aliphatic heterocycles. The van der Waals surface area contributed by atoms with E-state index in [1.165, 1.54) is 0 Å². The van der Waals surface area contributed by atoms with Crippen LogP contribution >= 0.6 is 0 Å². The minimum atomic E-state index is 0.0187. The Morgan fingerprint density at radius 3 is 2.37 bits per heavy atom. The van der Waals surface area contributed by atoms with Crippen molar-refractivity contribution in [1.82, 2.24) is 4.90 Å². The van der Waals surface area contributed by atoms with Crippen LogP contribution in [0.25, 0.3) is 0 Å². The van der Waals surface area contributed by atoms with E-state index >= 15 is 0 Å². The van der Waals surface area contributed by atoms with Crippen molar-refractivity contribution in [3.05, 3.63) is 60.1 Å². The summed E-state index contributed by atoms with van der Waals surface area (Å²) in [5.74, 6) is 7.46. The fourth-order valence-electron chi connectivity index (χ4n) is 2.05. The van der Waals surface area contributed by atoms with Crippen LogP contribution in [0.2, 0.25) is 0 Å². The molecule has 19 heavy (non-hydrogen) atoms. The van der Waals surface area contributed by atoms with Gasteiger partial charge in [0.15, 0.2) is 0 Å². The zero-order valence-electron chi connectivity index (χ0n) is 11.5.